The van der Waals surface area contributed by atoms with Crippen molar-refractivity contribution in [2.75, 3.05) is 24.1 Å². The van der Waals surface area contributed by atoms with Crippen LogP contribution < -0.4 is 10.0 Å². The largest absolute Gasteiger partial charge is 0.320 e. The quantitative estimate of drug-likeness (QED) is 0.562. The number of hydrogen-bond donors (Lipinski definition) is 2. The number of benzene rings is 1. The molecule has 4 nitrogen and oxygen atoms in total. The molecule has 0 aliphatic heterocycles. The van der Waals surface area contributed by atoms with Gasteiger partial charge in [-0.2, -0.15) is 0 Å². The zero-order valence-electron chi connectivity index (χ0n) is 10.7. The lowest BCUT2D eigenvalue weighted by atomic mass is 10.2. The molecule has 0 saturated carbocycles. The summed E-state index contributed by atoms with van der Waals surface area (Å²) in [5, 5.41) is 3.00. The van der Waals surface area contributed by atoms with Crippen LogP contribution in [0.1, 0.15) is 18.4 Å². The standard InChI is InChI=1S/C12H19IN2O2S/c1-10-5-6-11(13)9-12(10)15-18(16,17)8-4-3-7-14-2/h5-6,9,14-15H,3-4,7-8H2,1-2H3. The number of aryl methyl sites for hydroxylation is 1. The first-order valence-corrected chi connectivity index (χ1v) is 8.59. The molecule has 0 saturated heterocycles. The molecule has 0 atom stereocenters. The molecule has 18 heavy (non-hydrogen) atoms. The summed E-state index contributed by atoms with van der Waals surface area (Å²) in [6, 6.07) is 5.72. The van der Waals surface area contributed by atoms with Gasteiger partial charge in [-0.3, -0.25) is 4.72 Å². The monoisotopic (exact) mass is 382 g/mol. The summed E-state index contributed by atoms with van der Waals surface area (Å²) in [6.07, 6.45) is 1.53. The van der Waals surface area contributed by atoms with Crippen molar-refractivity contribution >= 4 is 38.3 Å². The predicted molar refractivity (Wildman–Crippen MR) is 84.5 cm³/mol. The third-order valence-corrected chi connectivity index (χ3v) is 4.58. The van der Waals surface area contributed by atoms with Crippen molar-refractivity contribution < 1.29 is 8.42 Å². The Morgan fingerprint density at radius 1 is 1.28 bits per heavy atom. The Morgan fingerprint density at radius 3 is 2.67 bits per heavy atom. The Balaban J connectivity index is 2.62. The van der Waals surface area contributed by atoms with Gasteiger partial charge in [0.1, 0.15) is 0 Å². The van der Waals surface area contributed by atoms with Gasteiger partial charge in [0.15, 0.2) is 0 Å². The molecule has 1 aromatic rings. The summed E-state index contributed by atoms with van der Waals surface area (Å²) in [7, 11) is -1.37. The van der Waals surface area contributed by atoms with Crippen molar-refractivity contribution in [2.24, 2.45) is 0 Å². The third-order valence-electron chi connectivity index (χ3n) is 2.55. The van der Waals surface area contributed by atoms with Gasteiger partial charge >= 0.3 is 0 Å². The summed E-state index contributed by atoms with van der Waals surface area (Å²) >= 11 is 2.17. The van der Waals surface area contributed by atoms with Crippen LogP contribution in [0.25, 0.3) is 0 Å². The van der Waals surface area contributed by atoms with Crippen molar-refractivity contribution in [3.8, 4) is 0 Å². The van der Waals surface area contributed by atoms with E-state index in [0.717, 1.165) is 22.1 Å². The van der Waals surface area contributed by atoms with Gasteiger partial charge in [-0.25, -0.2) is 8.42 Å². The molecule has 1 rings (SSSR count). The molecule has 0 heterocycles. The Kier molecular flexibility index (Phi) is 6.37. The number of hydrogen-bond acceptors (Lipinski definition) is 3. The van der Waals surface area contributed by atoms with Crippen LogP contribution in [0.5, 0.6) is 0 Å². The van der Waals surface area contributed by atoms with Crippen LogP contribution >= 0.6 is 22.6 Å². The lowest BCUT2D eigenvalue weighted by Crippen LogP contribution is -2.18. The average molecular weight is 382 g/mol. The first-order valence-electron chi connectivity index (χ1n) is 5.86. The molecule has 0 radical (unpaired) electrons. The average Bonchev–Trinajstić information content (AvgIpc) is 2.29. The van der Waals surface area contributed by atoms with E-state index >= 15 is 0 Å². The number of anilines is 1. The van der Waals surface area contributed by atoms with Gasteiger partial charge in [0.25, 0.3) is 0 Å². The van der Waals surface area contributed by atoms with Crippen molar-refractivity contribution in [2.45, 2.75) is 19.8 Å². The molecular formula is C12H19IN2O2S. The van der Waals surface area contributed by atoms with Crippen molar-refractivity contribution in [1.29, 1.82) is 0 Å². The normalized spacial score (nSPS) is 11.5. The van der Waals surface area contributed by atoms with E-state index in [-0.39, 0.29) is 5.75 Å². The Hall–Kier alpha value is -0.340. The zero-order valence-corrected chi connectivity index (χ0v) is 13.6. The van der Waals surface area contributed by atoms with Crippen LogP contribution in [0, 0.1) is 10.5 Å². The van der Waals surface area contributed by atoms with Gasteiger partial charge in [0, 0.05) is 3.57 Å². The Labute approximate surface area is 123 Å². The predicted octanol–water partition coefficient (Wildman–Crippen LogP) is 2.34. The van der Waals surface area contributed by atoms with Gasteiger partial charge in [-0.15, -0.1) is 0 Å². The molecule has 0 amide bonds. The highest BCUT2D eigenvalue weighted by Gasteiger charge is 2.11. The topological polar surface area (TPSA) is 58.2 Å². The molecule has 1 aromatic carbocycles. The number of sulfonamides is 1. The molecule has 0 bridgehead atoms. The number of unbranched alkanes of at least 4 members (excludes halogenated alkanes) is 1. The maximum absolute atomic E-state index is 11.9. The molecule has 2 N–H and O–H groups in total. The molecule has 0 spiro atoms. The molecule has 0 aliphatic carbocycles. The minimum atomic E-state index is -3.24. The fourth-order valence-corrected chi connectivity index (χ4v) is 3.25. The second-order valence-electron chi connectivity index (χ2n) is 4.19. The van der Waals surface area contributed by atoms with E-state index in [1.807, 2.05) is 32.2 Å². The molecule has 0 aliphatic rings. The summed E-state index contributed by atoms with van der Waals surface area (Å²) in [4.78, 5) is 0. The lowest BCUT2D eigenvalue weighted by molar-refractivity contribution is 0.595. The molecule has 102 valence electrons. The maximum atomic E-state index is 11.9. The van der Waals surface area contributed by atoms with Crippen LogP contribution in [0.3, 0.4) is 0 Å². The summed E-state index contributed by atoms with van der Waals surface area (Å²) in [6.45, 7) is 2.74. The number of nitrogens with one attached hydrogen (secondary N) is 2. The molecule has 0 aromatic heterocycles. The van der Waals surface area contributed by atoms with E-state index in [1.165, 1.54) is 0 Å². The van der Waals surface area contributed by atoms with Crippen LogP contribution in [0.4, 0.5) is 5.69 Å². The fraction of sp³-hybridized carbons (Fsp3) is 0.500. The van der Waals surface area contributed by atoms with Crippen LogP contribution in [0.2, 0.25) is 0 Å². The third kappa shape index (κ3) is 5.53. The van der Waals surface area contributed by atoms with Gasteiger partial charge in [0.05, 0.1) is 11.4 Å². The molecule has 6 heteroatoms. The van der Waals surface area contributed by atoms with Crippen LogP contribution in [-0.2, 0) is 10.0 Å². The number of halogens is 1. The second-order valence-corrected chi connectivity index (χ2v) is 7.28. The van der Waals surface area contributed by atoms with Gasteiger partial charge in [0.2, 0.25) is 10.0 Å². The Bertz CT molecular complexity index is 489. The SMILES string of the molecule is CNCCCCS(=O)(=O)Nc1cc(I)ccc1C. The fourth-order valence-electron chi connectivity index (χ4n) is 1.52. The van der Waals surface area contributed by atoms with Crippen molar-refractivity contribution in [3.63, 3.8) is 0 Å². The smallest absolute Gasteiger partial charge is 0.232 e. The first kappa shape index (κ1) is 15.7. The van der Waals surface area contributed by atoms with E-state index in [4.69, 9.17) is 0 Å². The van der Waals surface area contributed by atoms with Crippen molar-refractivity contribution in [1.82, 2.24) is 5.32 Å². The lowest BCUT2D eigenvalue weighted by Gasteiger charge is -2.10. The van der Waals surface area contributed by atoms with Gasteiger partial charge in [-0.1, -0.05) is 6.07 Å². The Morgan fingerprint density at radius 2 is 2.00 bits per heavy atom. The van der Waals surface area contributed by atoms with Crippen molar-refractivity contribution in [3.05, 3.63) is 27.3 Å². The minimum Gasteiger partial charge on any atom is -0.320 e. The van der Waals surface area contributed by atoms with E-state index < -0.39 is 10.0 Å². The molecular weight excluding hydrogens is 363 g/mol. The van der Waals surface area contributed by atoms with Gasteiger partial charge in [-0.05, 0) is 73.6 Å². The summed E-state index contributed by atoms with van der Waals surface area (Å²) in [5.41, 5.74) is 1.62. The van der Waals surface area contributed by atoms with Crippen LogP contribution in [0.15, 0.2) is 18.2 Å². The second kappa shape index (κ2) is 7.30. The number of rotatable bonds is 7. The van der Waals surface area contributed by atoms with Crippen LogP contribution in [-0.4, -0.2) is 27.8 Å². The summed E-state index contributed by atoms with van der Waals surface area (Å²) in [5.74, 6) is 0.166. The summed E-state index contributed by atoms with van der Waals surface area (Å²) < 4.78 is 27.5. The highest BCUT2D eigenvalue weighted by atomic mass is 127. The van der Waals surface area contributed by atoms with E-state index in [1.54, 1.807) is 0 Å². The highest BCUT2D eigenvalue weighted by molar-refractivity contribution is 14.1. The molecule has 0 fully saturated rings. The maximum Gasteiger partial charge on any atom is 0.232 e. The highest BCUT2D eigenvalue weighted by Crippen LogP contribution is 2.19. The molecule has 0 unspecified atom stereocenters. The first-order chi connectivity index (χ1) is 8.44. The van der Waals surface area contributed by atoms with Gasteiger partial charge < -0.3 is 5.32 Å². The van der Waals surface area contributed by atoms with E-state index in [9.17, 15) is 8.42 Å². The minimum absolute atomic E-state index is 0.166. The van der Waals surface area contributed by atoms with E-state index in [0.29, 0.717) is 12.1 Å². The van der Waals surface area contributed by atoms with E-state index in [2.05, 4.69) is 32.6 Å². The zero-order chi connectivity index (χ0) is 13.6.